The van der Waals surface area contributed by atoms with Crippen LogP contribution in [0.25, 0.3) is 0 Å². The van der Waals surface area contributed by atoms with E-state index in [1.165, 1.54) is 11.1 Å². The average molecular weight is 186 g/mol. The Labute approximate surface area is 84.5 Å². The minimum absolute atomic E-state index is 0.526. The smallest absolute Gasteiger partial charge is 0.145 e. The highest BCUT2D eigenvalue weighted by Gasteiger charge is 2.18. The van der Waals surface area contributed by atoms with Gasteiger partial charge in [0.05, 0.1) is 0 Å². The Hall–Kier alpha value is -1.37. The minimum Gasteiger partial charge on any atom is -0.298 e. The topological polar surface area (TPSA) is 17.1 Å². The van der Waals surface area contributed by atoms with Crippen LogP contribution in [-0.4, -0.2) is 6.29 Å². The number of carbonyl (C=O) groups is 1. The summed E-state index contributed by atoms with van der Waals surface area (Å²) in [5.74, 6) is 0.526. The van der Waals surface area contributed by atoms with Gasteiger partial charge in [0.1, 0.15) is 6.29 Å². The summed E-state index contributed by atoms with van der Waals surface area (Å²) in [7, 11) is 0. The molecule has 0 saturated heterocycles. The van der Waals surface area contributed by atoms with Crippen molar-refractivity contribution >= 4 is 6.29 Å². The SMILES string of the molecule is C/C(C=O)=C\C1Cc2ccccc2C1. The molecule has 1 heteroatoms. The van der Waals surface area contributed by atoms with E-state index in [0.29, 0.717) is 5.92 Å². The largest absolute Gasteiger partial charge is 0.298 e. The first-order chi connectivity index (χ1) is 6.79. The van der Waals surface area contributed by atoms with E-state index in [-0.39, 0.29) is 0 Å². The summed E-state index contributed by atoms with van der Waals surface area (Å²) in [6.45, 7) is 1.87. The zero-order chi connectivity index (χ0) is 9.97. The number of hydrogen-bond donors (Lipinski definition) is 0. The number of benzene rings is 1. The normalized spacial score (nSPS) is 16.8. The monoisotopic (exact) mass is 186 g/mol. The van der Waals surface area contributed by atoms with E-state index < -0.39 is 0 Å². The lowest BCUT2D eigenvalue weighted by Crippen LogP contribution is -1.96. The van der Waals surface area contributed by atoms with Gasteiger partial charge in [-0.3, -0.25) is 4.79 Å². The van der Waals surface area contributed by atoms with Crippen molar-refractivity contribution in [3.63, 3.8) is 0 Å². The van der Waals surface area contributed by atoms with Crippen LogP contribution in [0.15, 0.2) is 35.9 Å². The van der Waals surface area contributed by atoms with Crippen LogP contribution in [-0.2, 0) is 17.6 Å². The molecule has 1 aromatic carbocycles. The molecule has 72 valence electrons. The number of fused-ring (bicyclic) bond motifs is 1. The summed E-state index contributed by atoms with van der Waals surface area (Å²) in [5.41, 5.74) is 3.72. The van der Waals surface area contributed by atoms with Gasteiger partial charge < -0.3 is 0 Å². The third kappa shape index (κ3) is 1.77. The second kappa shape index (κ2) is 3.79. The Kier molecular flexibility index (Phi) is 2.49. The predicted octanol–water partition coefficient (Wildman–Crippen LogP) is 2.55. The minimum atomic E-state index is 0.526. The van der Waals surface area contributed by atoms with E-state index in [1.807, 2.05) is 6.92 Å². The van der Waals surface area contributed by atoms with E-state index in [0.717, 1.165) is 24.7 Å². The summed E-state index contributed by atoms with van der Waals surface area (Å²) in [4.78, 5) is 10.5. The zero-order valence-corrected chi connectivity index (χ0v) is 8.36. The molecule has 0 unspecified atom stereocenters. The highest BCUT2D eigenvalue weighted by atomic mass is 16.1. The molecule has 2 rings (SSSR count). The van der Waals surface area contributed by atoms with Gasteiger partial charge in [0.25, 0.3) is 0 Å². The number of aldehydes is 1. The van der Waals surface area contributed by atoms with E-state index >= 15 is 0 Å². The summed E-state index contributed by atoms with van der Waals surface area (Å²) in [5, 5.41) is 0. The molecular weight excluding hydrogens is 172 g/mol. The average Bonchev–Trinajstić information content (AvgIpc) is 2.59. The van der Waals surface area contributed by atoms with Gasteiger partial charge in [-0.05, 0) is 42.4 Å². The third-order valence-electron chi connectivity index (χ3n) is 2.77. The van der Waals surface area contributed by atoms with Crippen LogP contribution < -0.4 is 0 Å². The second-order valence-corrected chi connectivity index (χ2v) is 3.97. The van der Waals surface area contributed by atoms with Crippen molar-refractivity contribution in [2.24, 2.45) is 5.92 Å². The molecule has 0 N–H and O–H groups in total. The first kappa shape index (κ1) is 9.20. The van der Waals surface area contributed by atoms with E-state index in [9.17, 15) is 4.79 Å². The van der Waals surface area contributed by atoms with Crippen LogP contribution in [0.3, 0.4) is 0 Å². The lowest BCUT2D eigenvalue weighted by atomic mass is 10.0. The van der Waals surface area contributed by atoms with E-state index in [4.69, 9.17) is 0 Å². The lowest BCUT2D eigenvalue weighted by molar-refractivity contribution is -0.104. The van der Waals surface area contributed by atoms with E-state index in [1.54, 1.807) is 0 Å². The fraction of sp³-hybridized carbons (Fsp3) is 0.308. The van der Waals surface area contributed by atoms with Crippen LogP contribution in [0.4, 0.5) is 0 Å². The van der Waals surface area contributed by atoms with Gasteiger partial charge in [0.2, 0.25) is 0 Å². The molecular formula is C13H14O. The molecule has 0 fully saturated rings. The Balaban J connectivity index is 2.16. The molecule has 0 aliphatic heterocycles. The van der Waals surface area contributed by atoms with Gasteiger partial charge in [-0.15, -0.1) is 0 Å². The lowest BCUT2D eigenvalue weighted by Gasteiger charge is -2.00. The Bertz CT molecular complexity index is 352. The number of allylic oxidation sites excluding steroid dienone is 2. The van der Waals surface area contributed by atoms with Gasteiger partial charge in [-0.2, -0.15) is 0 Å². The van der Waals surface area contributed by atoms with Crippen molar-refractivity contribution in [3.05, 3.63) is 47.0 Å². The molecule has 0 spiro atoms. The van der Waals surface area contributed by atoms with Gasteiger partial charge >= 0.3 is 0 Å². The van der Waals surface area contributed by atoms with Crippen LogP contribution in [0.5, 0.6) is 0 Å². The van der Waals surface area contributed by atoms with Crippen molar-refractivity contribution in [1.29, 1.82) is 0 Å². The fourth-order valence-corrected chi connectivity index (χ4v) is 2.12. The summed E-state index contributed by atoms with van der Waals surface area (Å²) in [6, 6.07) is 8.52. The molecule has 0 amide bonds. The molecule has 1 aliphatic carbocycles. The van der Waals surface area contributed by atoms with Crippen molar-refractivity contribution < 1.29 is 4.79 Å². The van der Waals surface area contributed by atoms with Crippen LogP contribution >= 0.6 is 0 Å². The van der Waals surface area contributed by atoms with Gasteiger partial charge in [-0.1, -0.05) is 30.3 Å². The maximum absolute atomic E-state index is 10.5. The zero-order valence-electron chi connectivity index (χ0n) is 8.36. The summed E-state index contributed by atoms with van der Waals surface area (Å²) >= 11 is 0. The fourth-order valence-electron chi connectivity index (χ4n) is 2.12. The predicted molar refractivity (Wildman–Crippen MR) is 57.2 cm³/mol. The number of hydrogen-bond acceptors (Lipinski definition) is 1. The van der Waals surface area contributed by atoms with Gasteiger partial charge in [-0.25, -0.2) is 0 Å². The molecule has 1 aliphatic rings. The number of rotatable bonds is 2. The van der Waals surface area contributed by atoms with Crippen molar-refractivity contribution in [2.45, 2.75) is 19.8 Å². The molecule has 1 nitrogen and oxygen atoms in total. The molecule has 0 saturated carbocycles. The Morgan fingerprint density at radius 2 is 1.86 bits per heavy atom. The molecule has 0 atom stereocenters. The van der Waals surface area contributed by atoms with Crippen molar-refractivity contribution in [1.82, 2.24) is 0 Å². The maximum Gasteiger partial charge on any atom is 0.145 e. The highest BCUT2D eigenvalue weighted by molar-refractivity contribution is 5.72. The molecule has 14 heavy (non-hydrogen) atoms. The molecule has 0 bridgehead atoms. The maximum atomic E-state index is 10.5. The Morgan fingerprint density at radius 1 is 1.29 bits per heavy atom. The van der Waals surface area contributed by atoms with Gasteiger partial charge in [0.15, 0.2) is 0 Å². The summed E-state index contributed by atoms with van der Waals surface area (Å²) in [6.07, 6.45) is 5.19. The molecule has 1 aromatic rings. The van der Waals surface area contributed by atoms with Crippen LogP contribution in [0, 0.1) is 5.92 Å². The quantitative estimate of drug-likeness (QED) is 0.512. The molecule has 0 aromatic heterocycles. The second-order valence-electron chi connectivity index (χ2n) is 3.97. The molecule has 0 radical (unpaired) electrons. The van der Waals surface area contributed by atoms with Gasteiger partial charge in [0, 0.05) is 0 Å². The highest BCUT2D eigenvalue weighted by Crippen LogP contribution is 2.27. The van der Waals surface area contributed by atoms with Crippen LogP contribution in [0.2, 0.25) is 0 Å². The Morgan fingerprint density at radius 3 is 2.36 bits per heavy atom. The third-order valence-corrected chi connectivity index (χ3v) is 2.77. The molecule has 0 heterocycles. The van der Waals surface area contributed by atoms with E-state index in [2.05, 4.69) is 30.3 Å². The summed E-state index contributed by atoms with van der Waals surface area (Å²) < 4.78 is 0. The first-order valence-corrected chi connectivity index (χ1v) is 5.00. The first-order valence-electron chi connectivity index (χ1n) is 5.00. The van der Waals surface area contributed by atoms with Crippen molar-refractivity contribution in [3.8, 4) is 0 Å². The van der Waals surface area contributed by atoms with Crippen LogP contribution in [0.1, 0.15) is 18.1 Å². The van der Waals surface area contributed by atoms with Crippen molar-refractivity contribution in [2.75, 3.05) is 0 Å². The number of carbonyl (C=O) groups excluding carboxylic acids is 1. The standard InChI is InChI=1S/C13H14O/c1-10(9-14)6-11-7-12-4-2-3-5-13(12)8-11/h2-6,9,11H,7-8H2,1H3/b10-6+.